The first-order valence-corrected chi connectivity index (χ1v) is 21.7. The standard InChI is InChI=1S/C58H37NS/c1-58(2)51-24-12-11-23-43(51)45-32-49-50(33-52(45)58)56(47-30-35-16-4-6-18-38(35)40-20-8-10-22-42(40)47)48-31-36(57-59-53-25-13-14-26-54(53)60-57)27-28-44(48)55(49)46-29-34-15-3-5-17-37(34)39-19-7-9-21-41(39)46/h3-33H,1-2H3. The highest BCUT2D eigenvalue weighted by Gasteiger charge is 2.36. The number of para-hydroxylation sites is 1. The van der Waals surface area contributed by atoms with Gasteiger partial charge in [-0.1, -0.05) is 159 Å². The number of rotatable bonds is 3. The molecule has 0 aliphatic heterocycles. The Morgan fingerprint density at radius 2 is 0.900 bits per heavy atom. The molecule has 1 aromatic heterocycles. The van der Waals surface area contributed by atoms with Crippen molar-refractivity contribution in [3.63, 3.8) is 0 Å². The minimum absolute atomic E-state index is 0.170. The zero-order chi connectivity index (χ0) is 39.7. The minimum Gasteiger partial charge on any atom is -0.236 e. The summed E-state index contributed by atoms with van der Waals surface area (Å²) in [6, 6.07) is 70.4. The molecule has 1 aliphatic rings. The molecule has 11 aromatic carbocycles. The van der Waals surface area contributed by atoms with Gasteiger partial charge < -0.3 is 0 Å². The van der Waals surface area contributed by atoms with Crippen LogP contribution < -0.4 is 0 Å². The van der Waals surface area contributed by atoms with Gasteiger partial charge in [-0.05, 0) is 152 Å². The number of hydrogen-bond donors (Lipinski definition) is 0. The van der Waals surface area contributed by atoms with Crippen LogP contribution in [0, 0.1) is 0 Å². The average molecular weight is 780 g/mol. The Labute approximate surface area is 351 Å². The molecule has 1 nitrogen and oxygen atoms in total. The maximum absolute atomic E-state index is 5.21. The number of thiazole rings is 1. The van der Waals surface area contributed by atoms with E-state index in [1.54, 1.807) is 11.3 Å². The Hall–Kier alpha value is -7.13. The van der Waals surface area contributed by atoms with Crippen molar-refractivity contribution in [2.75, 3.05) is 0 Å². The molecule has 280 valence electrons. The van der Waals surface area contributed by atoms with E-state index in [-0.39, 0.29) is 5.41 Å². The number of aromatic nitrogens is 1. The van der Waals surface area contributed by atoms with Crippen LogP contribution in [0.5, 0.6) is 0 Å². The fourth-order valence-electron chi connectivity index (χ4n) is 10.7. The zero-order valence-corrected chi connectivity index (χ0v) is 34.1. The number of fused-ring (bicyclic) bond motifs is 12. The quantitative estimate of drug-likeness (QED) is 0.129. The van der Waals surface area contributed by atoms with Gasteiger partial charge in [-0.25, -0.2) is 4.98 Å². The molecular weight excluding hydrogens is 743 g/mol. The average Bonchev–Trinajstić information content (AvgIpc) is 3.83. The third-order valence-corrected chi connectivity index (χ3v) is 14.5. The van der Waals surface area contributed by atoms with Gasteiger partial charge in [-0.15, -0.1) is 11.3 Å². The normalized spacial score (nSPS) is 13.3. The van der Waals surface area contributed by atoms with Crippen molar-refractivity contribution in [3.8, 4) is 44.0 Å². The van der Waals surface area contributed by atoms with Crippen LogP contribution in [-0.2, 0) is 5.41 Å². The molecule has 0 saturated carbocycles. The highest BCUT2D eigenvalue weighted by atomic mass is 32.1. The molecule has 12 aromatic rings. The van der Waals surface area contributed by atoms with Crippen molar-refractivity contribution in [2.45, 2.75) is 19.3 Å². The van der Waals surface area contributed by atoms with Crippen molar-refractivity contribution in [2.24, 2.45) is 0 Å². The Bertz CT molecular complexity index is 3780. The molecule has 0 N–H and O–H groups in total. The minimum atomic E-state index is -0.170. The fourth-order valence-corrected chi connectivity index (χ4v) is 11.6. The molecule has 13 rings (SSSR count). The lowest BCUT2D eigenvalue weighted by molar-refractivity contribution is 0.661. The highest BCUT2D eigenvalue weighted by molar-refractivity contribution is 7.21. The van der Waals surface area contributed by atoms with E-state index in [9.17, 15) is 0 Å². The van der Waals surface area contributed by atoms with E-state index in [2.05, 4.69) is 202 Å². The van der Waals surface area contributed by atoms with E-state index in [0.717, 1.165) is 16.1 Å². The van der Waals surface area contributed by atoms with Crippen LogP contribution in [0.3, 0.4) is 0 Å². The van der Waals surface area contributed by atoms with E-state index in [1.807, 2.05) is 0 Å². The zero-order valence-electron chi connectivity index (χ0n) is 33.3. The van der Waals surface area contributed by atoms with Crippen LogP contribution in [0.4, 0.5) is 0 Å². The first kappa shape index (κ1) is 33.8. The smallest absolute Gasteiger partial charge is 0.124 e. The molecule has 0 saturated heterocycles. The Morgan fingerprint density at radius 3 is 1.58 bits per heavy atom. The fraction of sp³-hybridized carbons (Fsp3) is 0.0517. The molecule has 0 unspecified atom stereocenters. The molecule has 1 aliphatic carbocycles. The maximum atomic E-state index is 5.21. The predicted molar refractivity (Wildman–Crippen MR) is 259 cm³/mol. The van der Waals surface area contributed by atoms with Crippen molar-refractivity contribution in [3.05, 3.63) is 199 Å². The summed E-state index contributed by atoms with van der Waals surface area (Å²) in [4.78, 5) is 5.21. The van der Waals surface area contributed by atoms with E-state index >= 15 is 0 Å². The Morgan fingerprint density at radius 1 is 0.367 bits per heavy atom. The third kappa shape index (κ3) is 4.71. The summed E-state index contributed by atoms with van der Waals surface area (Å²) >= 11 is 1.77. The van der Waals surface area contributed by atoms with Gasteiger partial charge in [0.25, 0.3) is 0 Å². The largest absolute Gasteiger partial charge is 0.236 e. The molecule has 0 radical (unpaired) electrons. The summed E-state index contributed by atoms with van der Waals surface area (Å²) in [6.45, 7) is 4.80. The maximum Gasteiger partial charge on any atom is 0.124 e. The summed E-state index contributed by atoms with van der Waals surface area (Å²) in [5.74, 6) is 0. The molecule has 0 amide bonds. The first-order valence-electron chi connectivity index (χ1n) is 20.9. The Balaban J connectivity index is 1.27. The van der Waals surface area contributed by atoms with Crippen molar-refractivity contribution < 1.29 is 0 Å². The third-order valence-electron chi connectivity index (χ3n) is 13.4. The molecule has 1 heterocycles. The van der Waals surface area contributed by atoms with E-state index in [0.29, 0.717) is 0 Å². The number of nitrogens with zero attached hydrogens (tertiary/aromatic N) is 1. The topological polar surface area (TPSA) is 12.9 Å². The van der Waals surface area contributed by atoms with Crippen LogP contribution in [-0.4, -0.2) is 4.98 Å². The second-order valence-corrected chi connectivity index (χ2v) is 18.0. The Kier molecular flexibility index (Phi) is 7.01. The van der Waals surface area contributed by atoms with Crippen LogP contribution in [0.15, 0.2) is 188 Å². The van der Waals surface area contributed by atoms with Gasteiger partial charge in [-0.3, -0.25) is 0 Å². The van der Waals surface area contributed by atoms with Crippen molar-refractivity contribution in [1.29, 1.82) is 0 Å². The van der Waals surface area contributed by atoms with Crippen LogP contribution in [0.1, 0.15) is 25.0 Å². The summed E-state index contributed by atoms with van der Waals surface area (Å²) in [7, 11) is 0. The van der Waals surface area contributed by atoms with Gasteiger partial charge in [0.05, 0.1) is 10.2 Å². The van der Waals surface area contributed by atoms with E-state index < -0.39 is 0 Å². The van der Waals surface area contributed by atoms with Gasteiger partial charge >= 0.3 is 0 Å². The second-order valence-electron chi connectivity index (χ2n) is 17.0. The monoisotopic (exact) mass is 779 g/mol. The first-order chi connectivity index (χ1) is 29.5. The van der Waals surface area contributed by atoms with Gasteiger partial charge in [0.1, 0.15) is 5.01 Å². The lowest BCUT2D eigenvalue weighted by atomic mass is 9.78. The van der Waals surface area contributed by atoms with Crippen LogP contribution >= 0.6 is 11.3 Å². The van der Waals surface area contributed by atoms with Crippen molar-refractivity contribution in [1.82, 2.24) is 4.98 Å². The van der Waals surface area contributed by atoms with Gasteiger partial charge in [-0.2, -0.15) is 0 Å². The molecule has 0 spiro atoms. The second kappa shape index (κ2) is 12.4. The summed E-state index contributed by atoms with van der Waals surface area (Å²) in [5, 5.41) is 16.2. The molecule has 0 fully saturated rings. The molecule has 2 heteroatoms. The van der Waals surface area contributed by atoms with Crippen LogP contribution in [0.2, 0.25) is 0 Å². The SMILES string of the molecule is CC1(C)c2ccccc2-c2cc3c(-c4cc5ccccc5c5ccccc45)c4ccc(-c5nc6ccccc6s5)cc4c(-c4cc5ccccc5c5ccccc45)c3cc21. The lowest BCUT2D eigenvalue weighted by Gasteiger charge is -2.25. The van der Waals surface area contributed by atoms with Gasteiger partial charge in [0.15, 0.2) is 0 Å². The summed E-state index contributed by atoms with van der Waals surface area (Å²) in [6.07, 6.45) is 0. The molecule has 0 atom stereocenters. The lowest BCUT2D eigenvalue weighted by Crippen LogP contribution is -2.14. The highest BCUT2D eigenvalue weighted by Crippen LogP contribution is 2.55. The molecule has 0 bridgehead atoms. The summed E-state index contributed by atoms with van der Waals surface area (Å²) in [5.41, 5.74) is 12.5. The van der Waals surface area contributed by atoms with Crippen molar-refractivity contribution >= 4 is 86.2 Å². The number of hydrogen-bond acceptors (Lipinski definition) is 2. The molecule has 60 heavy (non-hydrogen) atoms. The predicted octanol–water partition coefficient (Wildman–Crippen LogP) is 16.5. The van der Waals surface area contributed by atoms with E-state index in [4.69, 9.17) is 4.98 Å². The van der Waals surface area contributed by atoms with E-state index in [1.165, 1.54) is 114 Å². The number of benzene rings is 11. The summed E-state index contributed by atoms with van der Waals surface area (Å²) < 4.78 is 1.20. The van der Waals surface area contributed by atoms with Crippen LogP contribution in [0.25, 0.3) is 119 Å². The molecular formula is C58H37NS. The van der Waals surface area contributed by atoms with Gasteiger partial charge in [0, 0.05) is 11.0 Å². The van der Waals surface area contributed by atoms with Gasteiger partial charge in [0.2, 0.25) is 0 Å².